The van der Waals surface area contributed by atoms with Crippen molar-refractivity contribution in [3.05, 3.63) is 0 Å². The van der Waals surface area contributed by atoms with E-state index in [0.717, 1.165) is 0 Å². The van der Waals surface area contributed by atoms with Crippen LogP contribution in [-0.4, -0.2) is 23.7 Å². The third-order valence-corrected chi connectivity index (χ3v) is 1.07. The highest BCUT2D eigenvalue weighted by atomic mass is 32.3. The van der Waals surface area contributed by atoms with Gasteiger partial charge in [0.15, 0.2) is 0 Å². The molecule has 0 aliphatic carbocycles. The number of carbonyl (C=O) groups is 1. The van der Waals surface area contributed by atoms with Crippen LogP contribution in [0.25, 0.3) is 0 Å². The van der Waals surface area contributed by atoms with E-state index in [2.05, 4.69) is 36.1 Å². The Balaban J connectivity index is 0. The molecule has 0 N–H and O–H groups in total. The highest BCUT2D eigenvalue weighted by molar-refractivity contribution is 8.14. The largest absolute Gasteiger partial charge is 0.529 e. The quantitative estimate of drug-likeness (QED) is 0.535. The van der Waals surface area contributed by atoms with E-state index in [1.807, 2.05) is 13.8 Å². The summed E-state index contributed by atoms with van der Waals surface area (Å²) in [5, 5.41) is 0. The molecule has 0 aliphatic heterocycles. The predicted octanol–water partition coefficient (Wildman–Crippen LogP) is 1.22. The number of hydrogen-bond donors (Lipinski definition) is 1. The van der Waals surface area contributed by atoms with Gasteiger partial charge in [0.2, 0.25) is 10.5 Å². The van der Waals surface area contributed by atoms with Crippen molar-refractivity contribution in [2.75, 3.05) is 0 Å². The molecule has 0 saturated carbocycles. The third kappa shape index (κ3) is 22.5. The zero-order valence-corrected chi connectivity index (χ0v) is 12.7. The molecule has 0 aromatic carbocycles. The van der Waals surface area contributed by atoms with Crippen molar-refractivity contribution in [3.8, 4) is 0 Å². The Morgan fingerprint density at radius 2 is 1.67 bits per heavy atom. The molecule has 0 heterocycles. The van der Waals surface area contributed by atoms with Crippen molar-refractivity contribution in [1.29, 1.82) is 0 Å². The Labute approximate surface area is 84.7 Å². The lowest BCUT2D eigenvalue weighted by atomic mass is 10.2. The van der Waals surface area contributed by atoms with Crippen LogP contribution < -0.4 is 0 Å². The van der Waals surface area contributed by atoms with Gasteiger partial charge < -0.3 is 4.43 Å². The van der Waals surface area contributed by atoms with Crippen LogP contribution in [0.1, 0.15) is 13.8 Å². The van der Waals surface area contributed by atoms with E-state index >= 15 is 0 Å². The van der Waals surface area contributed by atoms with E-state index in [1.54, 1.807) is 0 Å². The Morgan fingerprint density at radius 1 is 1.42 bits per heavy atom. The van der Waals surface area contributed by atoms with Gasteiger partial charge in [-0.05, 0) is 0 Å². The number of thiol groups is 1. The molecule has 0 spiro atoms. The fourth-order valence-electron chi connectivity index (χ4n) is 0.236. The van der Waals surface area contributed by atoms with Crippen molar-refractivity contribution in [2.24, 2.45) is 5.92 Å². The minimum Gasteiger partial charge on any atom is -0.529 e. The molecule has 0 aromatic rings. The summed E-state index contributed by atoms with van der Waals surface area (Å²) in [7, 11) is -0.396. The van der Waals surface area contributed by atoms with Gasteiger partial charge in [0, 0.05) is 5.92 Å². The summed E-state index contributed by atoms with van der Waals surface area (Å²) in [6, 6.07) is 0. The topological polar surface area (TPSA) is 26.3 Å². The van der Waals surface area contributed by atoms with Gasteiger partial charge in [-0.25, -0.2) is 12.1 Å². The number of rotatable bonds is 1. The molecule has 0 unspecified atom stereocenters. The summed E-state index contributed by atoms with van der Waals surface area (Å²) < 4.78 is 4.51. The molecule has 0 radical (unpaired) electrons. The molecule has 0 saturated heterocycles. The van der Waals surface area contributed by atoms with E-state index in [-0.39, 0.29) is 11.9 Å². The van der Waals surface area contributed by atoms with E-state index in [4.69, 9.17) is 0 Å². The first-order valence-corrected chi connectivity index (χ1v) is 9.59. The molecule has 74 valence electrons. The Kier molecular flexibility index (Phi) is 8.29. The average molecular weight is 224 g/mol. The molecule has 0 fully saturated rings. The maximum absolute atomic E-state index is 10.3. The Hall–Kier alpha value is 0.254. The molecule has 0 amide bonds. The van der Waals surface area contributed by atoms with Gasteiger partial charge in [0.25, 0.3) is 5.97 Å². The summed E-state index contributed by atoms with van der Waals surface area (Å²) in [5.41, 5.74) is 0. The fraction of sp³-hybridized carbons (Fsp3) is 0.857. The lowest BCUT2D eigenvalue weighted by molar-refractivity contribution is -0.137. The maximum Gasteiger partial charge on any atom is 0.294 e. The highest BCUT2D eigenvalue weighted by Gasteiger charge is 2.02. The SMILES string of the molecule is CC(C)C(=O)O[SiH3].C[Si](C)(C)S. The second kappa shape index (κ2) is 6.74. The summed E-state index contributed by atoms with van der Waals surface area (Å²) >= 11 is 4.26. The van der Waals surface area contributed by atoms with Crippen molar-refractivity contribution in [1.82, 2.24) is 0 Å². The van der Waals surface area contributed by atoms with E-state index < -0.39 is 7.22 Å². The summed E-state index contributed by atoms with van der Waals surface area (Å²) in [6.07, 6.45) is 0. The second-order valence-corrected chi connectivity index (χ2v) is 12.6. The zero-order chi connectivity index (χ0) is 10.4. The van der Waals surface area contributed by atoms with Gasteiger partial charge in [0.05, 0.1) is 0 Å². The van der Waals surface area contributed by atoms with Gasteiger partial charge in [-0.3, -0.25) is 4.79 Å². The van der Waals surface area contributed by atoms with E-state index in [1.165, 1.54) is 0 Å². The first-order chi connectivity index (χ1) is 5.18. The first kappa shape index (κ1) is 14.8. The molecule has 0 bridgehead atoms. The van der Waals surface area contributed by atoms with Gasteiger partial charge in [-0.1, -0.05) is 33.5 Å². The molecule has 12 heavy (non-hydrogen) atoms. The first-order valence-electron chi connectivity index (χ1n) is 3.98. The monoisotopic (exact) mass is 224 g/mol. The van der Waals surface area contributed by atoms with Gasteiger partial charge in [0.1, 0.15) is 7.22 Å². The smallest absolute Gasteiger partial charge is 0.294 e. The van der Waals surface area contributed by atoms with Crippen LogP contribution in [0.5, 0.6) is 0 Å². The van der Waals surface area contributed by atoms with Crippen LogP contribution in [-0.2, 0) is 9.22 Å². The average Bonchev–Trinajstić information content (AvgIpc) is 1.82. The summed E-state index contributed by atoms with van der Waals surface area (Å²) in [4.78, 5) is 10.3. The van der Waals surface area contributed by atoms with Crippen molar-refractivity contribution in [2.45, 2.75) is 33.5 Å². The van der Waals surface area contributed by atoms with Crippen molar-refractivity contribution in [3.63, 3.8) is 0 Å². The summed E-state index contributed by atoms with van der Waals surface area (Å²) in [5.74, 6) is -0.0517. The molecule has 0 aliphatic rings. The van der Waals surface area contributed by atoms with Gasteiger partial charge in [-0.2, -0.15) is 0 Å². The fourth-order valence-corrected chi connectivity index (χ4v) is 0.707. The Bertz CT molecular complexity index is 126. The minimum atomic E-state index is -0.917. The van der Waals surface area contributed by atoms with Crippen molar-refractivity contribution >= 4 is 35.8 Å². The number of hydrogen-bond acceptors (Lipinski definition) is 3. The van der Waals surface area contributed by atoms with E-state index in [9.17, 15) is 4.79 Å². The summed E-state index contributed by atoms with van der Waals surface area (Å²) in [6.45, 7) is 10.2. The van der Waals surface area contributed by atoms with Gasteiger partial charge >= 0.3 is 0 Å². The Morgan fingerprint density at radius 3 is 1.67 bits per heavy atom. The normalized spacial score (nSPS) is 10.6. The van der Waals surface area contributed by atoms with Crippen LogP contribution in [0, 0.1) is 5.92 Å². The minimum absolute atomic E-state index is 0.0394. The molecule has 0 rings (SSSR count). The predicted molar refractivity (Wildman–Crippen MR) is 63.2 cm³/mol. The van der Waals surface area contributed by atoms with E-state index in [0.29, 0.717) is 10.5 Å². The lowest BCUT2D eigenvalue weighted by Crippen LogP contribution is -2.08. The highest BCUT2D eigenvalue weighted by Crippen LogP contribution is 2.02. The second-order valence-electron chi connectivity index (χ2n) is 3.85. The maximum atomic E-state index is 10.3. The standard InChI is InChI=1S/C4H10O2Si.C3H10SSi/c1-3(2)4(5)6-7;1-5(2,3)4/h3H,1-2,7H3;4H,1-3H3. The molecule has 5 heteroatoms. The van der Waals surface area contributed by atoms with Crippen LogP contribution in [0.15, 0.2) is 0 Å². The van der Waals surface area contributed by atoms with Gasteiger partial charge in [-0.15, -0.1) is 0 Å². The molecule has 2 nitrogen and oxygen atoms in total. The third-order valence-electron chi connectivity index (χ3n) is 0.673. The van der Waals surface area contributed by atoms with Crippen LogP contribution in [0.2, 0.25) is 19.6 Å². The lowest BCUT2D eigenvalue weighted by Gasteiger charge is -2.00. The molecular weight excluding hydrogens is 204 g/mol. The molecule has 0 aromatic heterocycles. The van der Waals surface area contributed by atoms with Crippen molar-refractivity contribution < 1.29 is 9.22 Å². The van der Waals surface area contributed by atoms with Crippen LogP contribution in [0.4, 0.5) is 0 Å². The van der Waals surface area contributed by atoms with Crippen LogP contribution in [0.3, 0.4) is 0 Å². The number of carbonyl (C=O) groups excluding carboxylic acids is 1. The van der Waals surface area contributed by atoms with Crippen LogP contribution >= 0.6 is 12.1 Å². The molecule has 0 atom stereocenters. The zero-order valence-electron chi connectivity index (χ0n) is 8.84. The molecular formula is C7H20O2SSi2.